The van der Waals surface area contributed by atoms with Gasteiger partial charge in [-0.05, 0) is 31.6 Å². The predicted octanol–water partition coefficient (Wildman–Crippen LogP) is 4.17. The molecular formula is C15H24O2Si. The van der Waals surface area contributed by atoms with Crippen LogP contribution in [0, 0.1) is 0 Å². The molecule has 1 unspecified atom stereocenters. The van der Waals surface area contributed by atoms with E-state index in [4.69, 9.17) is 9.16 Å². The van der Waals surface area contributed by atoms with E-state index in [1.807, 2.05) is 24.3 Å². The minimum Gasteiger partial charge on any atom is -0.415 e. The molecule has 1 aromatic carbocycles. The SMILES string of the molecule is C=CCC(OCCO[Si](C)(C)C)c1ccccc1. The Kier molecular flexibility index (Phi) is 6.33. The van der Waals surface area contributed by atoms with E-state index in [0.29, 0.717) is 13.2 Å². The number of hydrogen-bond donors (Lipinski definition) is 0. The number of rotatable bonds is 8. The second-order valence-electron chi connectivity index (χ2n) is 5.26. The van der Waals surface area contributed by atoms with Gasteiger partial charge in [0.1, 0.15) is 0 Å². The van der Waals surface area contributed by atoms with Gasteiger partial charge in [-0.1, -0.05) is 36.4 Å². The molecule has 0 spiro atoms. The van der Waals surface area contributed by atoms with Crippen LogP contribution < -0.4 is 0 Å². The van der Waals surface area contributed by atoms with Crippen molar-refractivity contribution in [1.29, 1.82) is 0 Å². The monoisotopic (exact) mass is 264 g/mol. The Labute approximate surface area is 112 Å². The smallest absolute Gasteiger partial charge is 0.183 e. The van der Waals surface area contributed by atoms with Crippen LogP contribution in [-0.2, 0) is 9.16 Å². The summed E-state index contributed by atoms with van der Waals surface area (Å²) in [6.45, 7) is 11.7. The number of ether oxygens (including phenoxy) is 1. The minimum absolute atomic E-state index is 0.0916. The van der Waals surface area contributed by atoms with Gasteiger partial charge in [-0.25, -0.2) is 0 Å². The van der Waals surface area contributed by atoms with Crippen molar-refractivity contribution in [2.24, 2.45) is 0 Å². The largest absolute Gasteiger partial charge is 0.415 e. The highest BCUT2D eigenvalue weighted by atomic mass is 28.4. The van der Waals surface area contributed by atoms with Crippen molar-refractivity contribution in [2.75, 3.05) is 13.2 Å². The molecule has 0 aliphatic rings. The van der Waals surface area contributed by atoms with Crippen LogP contribution in [0.4, 0.5) is 0 Å². The van der Waals surface area contributed by atoms with Gasteiger partial charge in [0.05, 0.1) is 19.3 Å². The fourth-order valence-electron chi connectivity index (χ4n) is 1.66. The van der Waals surface area contributed by atoms with Crippen LogP contribution in [0.5, 0.6) is 0 Å². The van der Waals surface area contributed by atoms with E-state index in [1.54, 1.807) is 0 Å². The van der Waals surface area contributed by atoms with Crippen LogP contribution in [0.25, 0.3) is 0 Å². The van der Waals surface area contributed by atoms with E-state index in [1.165, 1.54) is 5.56 Å². The Balaban J connectivity index is 2.42. The molecule has 2 nitrogen and oxygen atoms in total. The van der Waals surface area contributed by atoms with Gasteiger partial charge in [0.2, 0.25) is 0 Å². The first-order valence-electron chi connectivity index (χ1n) is 6.44. The summed E-state index contributed by atoms with van der Waals surface area (Å²) in [7, 11) is -1.43. The van der Waals surface area contributed by atoms with Gasteiger partial charge >= 0.3 is 0 Å². The molecule has 0 saturated heterocycles. The van der Waals surface area contributed by atoms with E-state index in [2.05, 4.69) is 38.4 Å². The van der Waals surface area contributed by atoms with Crippen molar-refractivity contribution in [3.8, 4) is 0 Å². The molecular weight excluding hydrogens is 240 g/mol. The molecule has 0 radical (unpaired) electrons. The van der Waals surface area contributed by atoms with Gasteiger partial charge in [-0.2, -0.15) is 0 Å². The van der Waals surface area contributed by atoms with Crippen LogP contribution in [0.1, 0.15) is 18.1 Å². The lowest BCUT2D eigenvalue weighted by Crippen LogP contribution is -2.27. The normalized spacial score (nSPS) is 13.3. The lowest BCUT2D eigenvalue weighted by atomic mass is 10.1. The van der Waals surface area contributed by atoms with Crippen LogP contribution >= 0.6 is 0 Å². The third-order valence-electron chi connectivity index (χ3n) is 2.49. The van der Waals surface area contributed by atoms with Gasteiger partial charge in [0.25, 0.3) is 0 Å². The minimum atomic E-state index is -1.43. The molecule has 0 amide bonds. The zero-order valence-corrected chi connectivity index (χ0v) is 12.7. The molecule has 0 saturated carbocycles. The fourth-order valence-corrected chi connectivity index (χ4v) is 2.35. The molecule has 0 N–H and O–H groups in total. The molecule has 0 heterocycles. The van der Waals surface area contributed by atoms with Crippen LogP contribution in [0.3, 0.4) is 0 Å². The Bertz CT molecular complexity index is 343. The Morgan fingerprint density at radius 2 is 1.83 bits per heavy atom. The quantitative estimate of drug-likeness (QED) is 0.398. The van der Waals surface area contributed by atoms with E-state index in [9.17, 15) is 0 Å². The second kappa shape index (κ2) is 7.51. The summed E-state index contributed by atoms with van der Waals surface area (Å²) in [5, 5.41) is 0. The number of hydrogen-bond acceptors (Lipinski definition) is 2. The lowest BCUT2D eigenvalue weighted by Gasteiger charge is -2.20. The molecule has 0 bridgehead atoms. The molecule has 1 rings (SSSR count). The third-order valence-corrected chi connectivity index (χ3v) is 3.56. The third kappa shape index (κ3) is 6.14. The molecule has 0 aliphatic carbocycles. The highest BCUT2D eigenvalue weighted by Gasteiger charge is 2.14. The average molecular weight is 264 g/mol. The van der Waals surface area contributed by atoms with Crippen molar-refractivity contribution >= 4 is 8.32 Å². The summed E-state index contributed by atoms with van der Waals surface area (Å²) >= 11 is 0. The molecule has 1 atom stereocenters. The van der Waals surface area contributed by atoms with Crippen LogP contribution in [0.15, 0.2) is 43.0 Å². The zero-order valence-electron chi connectivity index (χ0n) is 11.7. The van der Waals surface area contributed by atoms with E-state index in [-0.39, 0.29) is 6.10 Å². The molecule has 0 aliphatic heterocycles. The topological polar surface area (TPSA) is 18.5 Å². The molecule has 1 aromatic rings. The molecule has 0 aromatic heterocycles. The van der Waals surface area contributed by atoms with Gasteiger partial charge in [0.15, 0.2) is 8.32 Å². The van der Waals surface area contributed by atoms with Gasteiger partial charge < -0.3 is 9.16 Å². The van der Waals surface area contributed by atoms with Crippen LogP contribution in [-0.4, -0.2) is 21.5 Å². The highest BCUT2D eigenvalue weighted by molar-refractivity contribution is 6.69. The van der Waals surface area contributed by atoms with Gasteiger partial charge in [-0.3, -0.25) is 0 Å². The van der Waals surface area contributed by atoms with Crippen molar-refractivity contribution < 1.29 is 9.16 Å². The van der Waals surface area contributed by atoms with Gasteiger partial charge in [-0.15, -0.1) is 6.58 Å². The van der Waals surface area contributed by atoms with Crippen LogP contribution in [0.2, 0.25) is 19.6 Å². The lowest BCUT2D eigenvalue weighted by molar-refractivity contribution is 0.0332. The molecule has 100 valence electrons. The Morgan fingerprint density at radius 3 is 2.39 bits per heavy atom. The summed E-state index contributed by atoms with van der Waals surface area (Å²) < 4.78 is 11.7. The summed E-state index contributed by atoms with van der Waals surface area (Å²) in [6, 6.07) is 10.3. The predicted molar refractivity (Wildman–Crippen MR) is 79.2 cm³/mol. The van der Waals surface area contributed by atoms with Crippen molar-refractivity contribution in [2.45, 2.75) is 32.2 Å². The van der Waals surface area contributed by atoms with Gasteiger partial charge in [0, 0.05) is 0 Å². The zero-order chi connectivity index (χ0) is 13.4. The first kappa shape index (κ1) is 15.2. The summed E-state index contributed by atoms with van der Waals surface area (Å²) in [5.74, 6) is 0. The fraction of sp³-hybridized carbons (Fsp3) is 0.467. The van der Waals surface area contributed by atoms with E-state index in [0.717, 1.165) is 6.42 Å². The standard InChI is InChI=1S/C15H24O2Si/c1-5-9-15(14-10-7-6-8-11-14)16-12-13-17-18(2,3)4/h5-8,10-11,15H,1,9,12-13H2,2-4H3. The van der Waals surface area contributed by atoms with E-state index < -0.39 is 8.32 Å². The summed E-state index contributed by atoms with van der Waals surface area (Å²) in [4.78, 5) is 0. The number of benzene rings is 1. The summed E-state index contributed by atoms with van der Waals surface area (Å²) in [5.41, 5.74) is 1.20. The second-order valence-corrected chi connectivity index (χ2v) is 9.77. The first-order chi connectivity index (χ1) is 8.53. The molecule has 3 heteroatoms. The Morgan fingerprint density at radius 1 is 1.17 bits per heavy atom. The highest BCUT2D eigenvalue weighted by Crippen LogP contribution is 2.21. The maximum absolute atomic E-state index is 5.89. The molecule has 18 heavy (non-hydrogen) atoms. The van der Waals surface area contributed by atoms with Crippen molar-refractivity contribution in [3.05, 3.63) is 48.6 Å². The average Bonchev–Trinajstić information content (AvgIpc) is 2.33. The van der Waals surface area contributed by atoms with Crippen molar-refractivity contribution in [3.63, 3.8) is 0 Å². The van der Waals surface area contributed by atoms with E-state index >= 15 is 0 Å². The Hall–Kier alpha value is -0.903. The first-order valence-corrected chi connectivity index (χ1v) is 9.85. The summed E-state index contributed by atoms with van der Waals surface area (Å²) in [6.07, 6.45) is 2.82. The molecule has 0 fully saturated rings. The maximum atomic E-state index is 5.89. The maximum Gasteiger partial charge on any atom is 0.183 e. The van der Waals surface area contributed by atoms with Crippen molar-refractivity contribution in [1.82, 2.24) is 0 Å².